The van der Waals surface area contributed by atoms with Gasteiger partial charge in [0.05, 0.1) is 26.2 Å². The topological polar surface area (TPSA) is 60.7 Å². The standard InChI is InChI=1S/C28H27NO4S/c1-17(13-26(30)29-24-11-6-7-12-25(24)34-5)21-15-22-23(19-9-8-10-20(14-19)31-3)16-33-28(22)18(2)27(21)32-4/h6-16H,1-5H3,(H,29,30)/b17-13+. The molecule has 0 unspecified atom stereocenters. The molecule has 0 radical (unpaired) electrons. The number of ether oxygens (including phenoxy) is 2. The van der Waals surface area contributed by atoms with Crippen molar-refractivity contribution in [1.82, 2.24) is 0 Å². The molecular weight excluding hydrogens is 446 g/mol. The molecule has 6 heteroatoms. The molecule has 0 fully saturated rings. The van der Waals surface area contributed by atoms with Gasteiger partial charge in [-0.05, 0) is 61.6 Å². The predicted octanol–water partition coefficient (Wildman–Crippen LogP) is 7.19. The van der Waals surface area contributed by atoms with Gasteiger partial charge in [0.2, 0.25) is 5.91 Å². The highest BCUT2D eigenvalue weighted by molar-refractivity contribution is 7.98. The molecule has 1 N–H and O–H groups in total. The number of methoxy groups -OCH3 is 2. The Hall–Kier alpha value is -3.64. The molecule has 1 heterocycles. The second kappa shape index (κ2) is 10.1. The van der Waals surface area contributed by atoms with Gasteiger partial charge in [0.15, 0.2) is 0 Å². The monoisotopic (exact) mass is 473 g/mol. The molecule has 1 amide bonds. The Morgan fingerprint density at radius 2 is 1.85 bits per heavy atom. The Balaban J connectivity index is 1.77. The SMILES string of the molecule is COc1cccc(-c2coc3c(C)c(OC)c(/C(C)=C/C(=O)Nc4ccccc4SC)cc23)c1. The predicted molar refractivity (Wildman–Crippen MR) is 140 cm³/mol. The van der Waals surface area contributed by atoms with Crippen LogP contribution in [0.1, 0.15) is 18.1 Å². The molecule has 1 aromatic heterocycles. The van der Waals surface area contributed by atoms with E-state index in [0.29, 0.717) is 5.75 Å². The number of furan rings is 1. The van der Waals surface area contributed by atoms with Crippen molar-refractivity contribution < 1.29 is 18.7 Å². The zero-order valence-corrected chi connectivity index (χ0v) is 20.7. The van der Waals surface area contributed by atoms with Crippen molar-refractivity contribution in [3.05, 3.63) is 78.1 Å². The number of aryl methyl sites for hydroxylation is 1. The number of para-hydroxylation sites is 1. The number of amides is 1. The number of hydrogen-bond donors (Lipinski definition) is 1. The summed E-state index contributed by atoms with van der Waals surface area (Å²) < 4.78 is 17.1. The number of anilines is 1. The van der Waals surface area contributed by atoms with E-state index in [1.54, 1.807) is 38.3 Å². The Morgan fingerprint density at radius 3 is 2.59 bits per heavy atom. The minimum Gasteiger partial charge on any atom is -0.497 e. The third kappa shape index (κ3) is 4.54. The smallest absolute Gasteiger partial charge is 0.248 e. The summed E-state index contributed by atoms with van der Waals surface area (Å²) in [4.78, 5) is 13.9. The van der Waals surface area contributed by atoms with Gasteiger partial charge in [-0.25, -0.2) is 0 Å². The average Bonchev–Trinajstić information content (AvgIpc) is 3.28. The number of carbonyl (C=O) groups excluding carboxylic acids is 1. The van der Waals surface area contributed by atoms with E-state index in [9.17, 15) is 4.79 Å². The molecule has 0 spiro atoms. The van der Waals surface area contributed by atoms with Gasteiger partial charge in [0.25, 0.3) is 0 Å². The summed E-state index contributed by atoms with van der Waals surface area (Å²) in [7, 11) is 3.28. The van der Waals surface area contributed by atoms with Crippen LogP contribution < -0.4 is 14.8 Å². The quantitative estimate of drug-likeness (QED) is 0.227. The van der Waals surface area contributed by atoms with Crippen molar-refractivity contribution in [2.24, 2.45) is 0 Å². The fourth-order valence-corrected chi connectivity index (χ4v) is 4.63. The van der Waals surface area contributed by atoms with Crippen LogP contribution >= 0.6 is 11.8 Å². The fourth-order valence-electron chi connectivity index (χ4n) is 4.08. The first-order chi connectivity index (χ1) is 16.5. The molecule has 0 aliphatic heterocycles. The van der Waals surface area contributed by atoms with Crippen LogP contribution in [-0.4, -0.2) is 26.4 Å². The zero-order chi connectivity index (χ0) is 24.2. The Labute approximate surface area is 203 Å². The lowest BCUT2D eigenvalue weighted by molar-refractivity contribution is -0.111. The van der Waals surface area contributed by atoms with E-state index in [1.165, 1.54) is 0 Å². The van der Waals surface area contributed by atoms with Gasteiger partial charge in [0.1, 0.15) is 17.1 Å². The zero-order valence-electron chi connectivity index (χ0n) is 19.9. The van der Waals surface area contributed by atoms with Gasteiger partial charge in [-0.15, -0.1) is 11.8 Å². The van der Waals surface area contributed by atoms with Gasteiger partial charge < -0.3 is 19.2 Å². The molecule has 0 aliphatic carbocycles. The molecular formula is C28H27NO4S. The van der Waals surface area contributed by atoms with Crippen LogP contribution in [0.4, 0.5) is 5.69 Å². The second-order valence-corrected chi connectivity index (χ2v) is 8.71. The van der Waals surface area contributed by atoms with E-state index in [1.807, 2.05) is 74.7 Å². The minimum absolute atomic E-state index is 0.195. The third-order valence-corrected chi connectivity index (χ3v) is 6.56. The summed E-state index contributed by atoms with van der Waals surface area (Å²) in [6, 6.07) is 17.6. The fraction of sp³-hybridized carbons (Fsp3) is 0.179. The lowest BCUT2D eigenvalue weighted by Crippen LogP contribution is -2.09. The van der Waals surface area contributed by atoms with Crippen LogP contribution in [-0.2, 0) is 4.79 Å². The van der Waals surface area contributed by atoms with Crippen LogP contribution in [0.3, 0.4) is 0 Å². The maximum absolute atomic E-state index is 12.9. The normalized spacial score (nSPS) is 11.5. The third-order valence-electron chi connectivity index (χ3n) is 5.77. The number of hydrogen-bond acceptors (Lipinski definition) is 5. The van der Waals surface area contributed by atoms with Gasteiger partial charge in [0, 0.05) is 33.0 Å². The van der Waals surface area contributed by atoms with E-state index in [-0.39, 0.29) is 5.91 Å². The van der Waals surface area contributed by atoms with E-state index in [2.05, 4.69) is 5.32 Å². The number of fused-ring (bicyclic) bond motifs is 1. The number of thioether (sulfide) groups is 1. The van der Waals surface area contributed by atoms with E-state index in [0.717, 1.165) is 55.1 Å². The van der Waals surface area contributed by atoms with Crippen molar-refractivity contribution >= 4 is 39.9 Å². The average molecular weight is 474 g/mol. The van der Waals surface area contributed by atoms with Gasteiger partial charge in [-0.2, -0.15) is 0 Å². The van der Waals surface area contributed by atoms with E-state index >= 15 is 0 Å². The summed E-state index contributed by atoms with van der Waals surface area (Å²) in [5.41, 5.74) is 5.99. The Kier molecular flexibility index (Phi) is 6.98. The maximum Gasteiger partial charge on any atom is 0.248 e. The summed E-state index contributed by atoms with van der Waals surface area (Å²) in [6.07, 6.45) is 5.34. The Bertz CT molecular complexity index is 1390. The van der Waals surface area contributed by atoms with E-state index in [4.69, 9.17) is 13.9 Å². The first-order valence-corrected chi connectivity index (χ1v) is 12.0. The molecule has 34 heavy (non-hydrogen) atoms. The summed E-state index contributed by atoms with van der Waals surface area (Å²) in [6.45, 7) is 3.88. The van der Waals surface area contributed by atoms with E-state index < -0.39 is 0 Å². The lowest BCUT2D eigenvalue weighted by atomic mass is 9.96. The van der Waals surface area contributed by atoms with Crippen molar-refractivity contribution in [3.8, 4) is 22.6 Å². The van der Waals surface area contributed by atoms with Crippen molar-refractivity contribution in [2.75, 3.05) is 25.8 Å². The molecule has 4 rings (SSSR count). The van der Waals surface area contributed by atoms with Crippen LogP contribution in [0.25, 0.3) is 27.7 Å². The van der Waals surface area contributed by atoms with Crippen molar-refractivity contribution in [3.63, 3.8) is 0 Å². The van der Waals surface area contributed by atoms with Gasteiger partial charge in [-0.3, -0.25) is 4.79 Å². The lowest BCUT2D eigenvalue weighted by Gasteiger charge is -2.14. The van der Waals surface area contributed by atoms with Gasteiger partial charge >= 0.3 is 0 Å². The highest BCUT2D eigenvalue weighted by Gasteiger charge is 2.19. The molecule has 5 nitrogen and oxygen atoms in total. The molecule has 0 aliphatic rings. The highest BCUT2D eigenvalue weighted by atomic mass is 32.2. The molecule has 4 aromatic rings. The molecule has 0 saturated carbocycles. The van der Waals surface area contributed by atoms with Gasteiger partial charge in [-0.1, -0.05) is 24.3 Å². The first kappa shape index (κ1) is 23.5. The number of allylic oxidation sites excluding steroid dienone is 1. The molecule has 0 saturated heterocycles. The van der Waals surface area contributed by atoms with Crippen LogP contribution in [0.2, 0.25) is 0 Å². The van der Waals surface area contributed by atoms with Crippen molar-refractivity contribution in [1.29, 1.82) is 0 Å². The maximum atomic E-state index is 12.9. The summed E-state index contributed by atoms with van der Waals surface area (Å²) in [5, 5.41) is 3.93. The number of nitrogens with one attached hydrogen (secondary N) is 1. The number of carbonyl (C=O) groups is 1. The molecule has 3 aromatic carbocycles. The molecule has 0 bridgehead atoms. The van der Waals surface area contributed by atoms with Crippen LogP contribution in [0.5, 0.6) is 11.5 Å². The minimum atomic E-state index is -0.195. The Morgan fingerprint density at radius 1 is 1.06 bits per heavy atom. The van der Waals surface area contributed by atoms with Crippen molar-refractivity contribution in [2.45, 2.75) is 18.7 Å². The molecule has 174 valence electrons. The summed E-state index contributed by atoms with van der Waals surface area (Å²) >= 11 is 1.59. The van der Waals surface area contributed by atoms with Crippen LogP contribution in [0.15, 0.2) is 76.2 Å². The first-order valence-electron chi connectivity index (χ1n) is 10.8. The molecule has 0 atom stereocenters. The number of benzene rings is 3. The largest absolute Gasteiger partial charge is 0.497 e. The highest BCUT2D eigenvalue weighted by Crippen LogP contribution is 2.41. The second-order valence-electron chi connectivity index (χ2n) is 7.86. The number of rotatable bonds is 7. The summed E-state index contributed by atoms with van der Waals surface area (Å²) in [5.74, 6) is 1.26. The van der Waals surface area contributed by atoms with Crippen LogP contribution in [0, 0.1) is 6.92 Å².